The van der Waals surface area contributed by atoms with E-state index in [2.05, 4.69) is 44.8 Å². The van der Waals surface area contributed by atoms with Crippen LogP contribution in [0.3, 0.4) is 0 Å². The summed E-state index contributed by atoms with van der Waals surface area (Å²) in [5.74, 6) is 0.829. The fourth-order valence-electron chi connectivity index (χ4n) is 4.83. The Hall–Kier alpha value is -1.63. The molecule has 1 aromatic heterocycles. The summed E-state index contributed by atoms with van der Waals surface area (Å²) in [7, 11) is 1.57. The summed E-state index contributed by atoms with van der Waals surface area (Å²) < 4.78 is 6.29. The van der Waals surface area contributed by atoms with Gasteiger partial charge in [-0.3, -0.25) is 9.69 Å². The number of hydrogen-bond acceptors (Lipinski definition) is 5. The molecule has 1 amide bonds. The molecule has 1 N–H and O–H groups in total. The molecule has 29 heavy (non-hydrogen) atoms. The van der Waals surface area contributed by atoms with Gasteiger partial charge in [0.15, 0.2) is 0 Å². The van der Waals surface area contributed by atoms with Crippen molar-refractivity contribution in [2.24, 2.45) is 5.92 Å². The van der Waals surface area contributed by atoms with Crippen LogP contribution in [0.15, 0.2) is 29.6 Å². The lowest BCUT2D eigenvalue weighted by molar-refractivity contribution is -0.125. The lowest BCUT2D eigenvalue weighted by Crippen LogP contribution is -2.47. The van der Waals surface area contributed by atoms with Gasteiger partial charge < -0.3 is 15.0 Å². The second-order valence-corrected chi connectivity index (χ2v) is 9.39. The lowest BCUT2D eigenvalue weighted by atomic mass is 9.84. The molecule has 1 saturated carbocycles. The zero-order valence-electron chi connectivity index (χ0n) is 17.4. The zero-order chi connectivity index (χ0) is 20.1. The van der Waals surface area contributed by atoms with Crippen LogP contribution in [0.4, 0.5) is 5.69 Å². The maximum atomic E-state index is 11.7. The number of benzene rings is 1. The van der Waals surface area contributed by atoms with E-state index >= 15 is 0 Å². The third-order valence-corrected chi connectivity index (χ3v) is 7.41. The van der Waals surface area contributed by atoms with Gasteiger partial charge in [-0.05, 0) is 68.1 Å². The molecule has 4 rings (SSSR count). The number of rotatable bonds is 7. The monoisotopic (exact) mass is 415 g/mol. The quantitative estimate of drug-likeness (QED) is 0.748. The normalized spacial score (nSPS) is 23.4. The second-order valence-electron chi connectivity index (χ2n) is 8.45. The van der Waals surface area contributed by atoms with E-state index in [4.69, 9.17) is 4.74 Å². The molecule has 0 unspecified atom stereocenters. The van der Waals surface area contributed by atoms with Crippen LogP contribution in [0.25, 0.3) is 10.1 Å². The minimum absolute atomic E-state index is 0.0203. The van der Waals surface area contributed by atoms with E-state index in [1.807, 2.05) is 11.3 Å². The second kappa shape index (κ2) is 9.92. The van der Waals surface area contributed by atoms with Gasteiger partial charge >= 0.3 is 0 Å². The number of thiophene rings is 1. The molecule has 0 bridgehead atoms. The number of fused-ring (bicyclic) bond motifs is 1. The molecule has 158 valence electrons. The van der Waals surface area contributed by atoms with Gasteiger partial charge in [-0.1, -0.05) is 6.07 Å². The van der Waals surface area contributed by atoms with Gasteiger partial charge in [-0.2, -0.15) is 0 Å². The maximum Gasteiger partial charge on any atom is 0.246 e. The number of piperazine rings is 1. The fraction of sp³-hybridized carbons (Fsp3) is 0.609. The molecule has 6 heteroatoms. The number of carbonyl (C=O) groups excluding carboxylic acids is 1. The zero-order valence-corrected chi connectivity index (χ0v) is 18.3. The average Bonchev–Trinajstić information content (AvgIpc) is 3.23. The van der Waals surface area contributed by atoms with Crippen molar-refractivity contribution in [2.75, 3.05) is 51.3 Å². The molecule has 1 saturated heterocycles. The van der Waals surface area contributed by atoms with Crippen LogP contribution in [0.1, 0.15) is 32.1 Å². The number of methoxy groups -OCH3 is 1. The Labute approximate surface area is 178 Å². The smallest absolute Gasteiger partial charge is 0.246 e. The summed E-state index contributed by atoms with van der Waals surface area (Å²) in [5.41, 5.74) is 1.40. The molecule has 0 atom stereocenters. The van der Waals surface area contributed by atoms with Gasteiger partial charge in [-0.25, -0.2) is 0 Å². The van der Waals surface area contributed by atoms with Crippen molar-refractivity contribution in [3.8, 4) is 0 Å². The highest BCUT2D eigenvalue weighted by atomic mass is 32.1. The SMILES string of the molecule is COCC(=O)NC1CCC(CCN2CCN(c3cccc4sccc34)CC2)CC1. The predicted octanol–water partition coefficient (Wildman–Crippen LogP) is 3.73. The highest BCUT2D eigenvalue weighted by Gasteiger charge is 2.24. The van der Waals surface area contributed by atoms with Crippen molar-refractivity contribution in [2.45, 2.75) is 38.1 Å². The Kier molecular flexibility index (Phi) is 7.06. The summed E-state index contributed by atoms with van der Waals surface area (Å²) in [5, 5.41) is 6.70. The molecule has 2 fully saturated rings. The number of nitrogens with zero attached hydrogens (tertiary/aromatic N) is 2. The first-order valence-electron chi connectivity index (χ1n) is 10.9. The Balaban J connectivity index is 1.17. The standard InChI is InChI=1S/C23H33N3O2S/c1-28-17-23(27)24-19-7-5-18(6-8-19)9-11-25-12-14-26(15-13-25)21-3-2-4-22-20(21)10-16-29-22/h2-4,10,16,18-19H,5-9,11-15,17H2,1H3,(H,24,27). The Bertz CT molecular complexity index is 792. The summed E-state index contributed by atoms with van der Waals surface area (Å²) in [6.45, 7) is 5.93. The molecule has 1 aliphatic heterocycles. The molecule has 0 radical (unpaired) electrons. The summed E-state index contributed by atoms with van der Waals surface area (Å²) in [6.07, 6.45) is 5.98. The van der Waals surface area contributed by atoms with E-state index < -0.39 is 0 Å². The van der Waals surface area contributed by atoms with Crippen molar-refractivity contribution in [1.82, 2.24) is 10.2 Å². The Morgan fingerprint density at radius 2 is 1.93 bits per heavy atom. The van der Waals surface area contributed by atoms with E-state index in [-0.39, 0.29) is 12.5 Å². The van der Waals surface area contributed by atoms with Crippen LogP contribution in [-0.2, 0) is 9.53 Å². The average molecular weight is 416 g/mol. The van der Waals surface area contributed by atoms with Crippen molar-refractivity contribution in [3.63, 3.8) is 0 Å². The van der Waals surface area contributed by atoms with Gasteiger partial charge in [-0.15, -0.1) is 11.3 Å². The minimum atomic E-state index is 0.0203. The number of nitrogens with one attached hydrogen (secondary N) is 1. The van der Waals surface area contributed by atoms with Crippen molar-refractivity contribution in [1.29, 1.82) is 0 Å². The first-order valence-corrected chi connectivity index (χ1v) is 11.8. The first kappa shape index (κ1) is 20.6. The van der Waals surface area contributed by atoms with Crippen LogP contribution < -0.4 is 10.2 Å². The summed E-state index contributed by atoms with van der Waals surface area (Å²) >= 11 is 1.83. The molecule has 5 nitrogen and oxygen atoms in total. The van der Waals surface area contributed by atoms with Crippen LogP contribution in [-0.4, -0.2) is 63.3 Å². The van der Waals surface area contributed by atoms with E-state index in [9.17, 15) is 4.79 Å². The van der Waals surface area contributed by atoms with Crippen molar-refractivity contribution >= 4 is 33.0 Å². The highest BCUT2D eigenvalue weighted by Crippen LogP contribution is 2.31. The molecule has 2 heterocycles. The molecule has 2 aromatic rings. The molecule has 0 spiro atoms. The van der Waals surface area contributed by atoms with Gasteiger partial charge in [0.2, 0.25) is 5.91 Å². The number of anilines is 1. The van der Waals surface area contributed by atoms with E-state index in [1.54, 1.807) is 7.11 Å². The number of amides is 1. The van der Waals surface area contributed by atoms with Crippen molar-refractivity contribution < 1.29 is 9.53 Å². The van der Waals surface area contributed by atoms with Gasteiger partial charge in [0.25, 0.3) is 0 Å². The Morgan fingerprint density at radius 1 is 1.14 bits per heavy atom. The van der Waals surface area contributed by atoms with Gasteiger partial charge in [0.1, 0.15) is 6.61 Å². The predicted molar refractivity (Wildman–Crippen MR) is 121 cm³/mol. The largest absolute Gasteiger partial charge is 0.375 e. The van der Waals surface area contributed by atoms with Crippen LogP contribution in [0.2, 0.25) is 0 Å². The molecule has 2 aliphatic rings. The summed E-state index contributed by atoms with van der Waals surface area (Å²) in [4.78, 5) is 16.9. The van der Waals surface area contributed by atoms with Gasteiger partial charge in [0.05, 0.1) is 0 Å². The lowest BCUT2D eigenvalue weighted by Gasteiger charge is -2.37. The Morgan fingerprint density at radius 3 is 2.69 bits per heavy atom. The number of hydrogen-bond donors (Lipinski definition) is 1. The fourth-order valence-corrected chi connectivity index (χ4v) is 5.63. The van der Waals surface area contributed by atoms with E-state index in [1.165, 1.54) is 41.6 Å². The highest BCUT2D eigenvalue weighted by molar-refractivity contribution is 7.17. The first-order chi connectivity index (χ1) is 14.2. The molecule has 1 aromatic carbocycles. The van der Waals surface area contributed by atoms with Crippen LogP contribution >= 0.6 is 11.3 Å². The third-order valence-electron chi connectivity index (χ3n) is 6.53. The van der Waals surface area contributed by atoms with Crippen molar-refractivity contribution in [3.05, 3.63) is 29.6 Å². The number of ether oxygens (including phenoxy) is 1. The molecule has 1 aliphatic carbocycles. The van der Waals surface area contributed by atoms with E-state index in [0.717, 1.165) is 44.9 Å². The minimum Gasteiger partial charge on any atom is -0.375 e. The molecular weight excluding hydrogens is 382 g/mol. The van der Waals surface area contributed by atoms with Crippen LogP contribution in [0, 0.1) is 5.92 Å². The van der Waals surface area contributed by atoms with Crippen LogP contribution in [0.5, 0.6) is 0 Å². The third kappa shape index (κ3) is 5.30. The summed E-state index contributed by atoms with van der Waals surface area (Å²) in [6, 6.07) is 9.29. The maximum absolute atomic E-state index is 11.7. The topological polar surface area (TPSA) is 44.8 Å². The van der Waals surface area contributed by atoms with E-state index in [0.29, 0.717) is 6.04 Å². The van der Waals surface area contributed by atoms with Gasteiger partial charge in [0, 0.05) is 55.1 Å². The molecular formula is C23H33N3O2S. The number of carbonyl (C=O) groups is 1.